The normalized spacial score (nSPS) is 17.6. The number of nitrogens with zero attached hydrogens (tertiary/aromatic N) is 2. The molecule has 3 N–H and O–H groups in total. The predicted octanol–water partition coefficient (Wildman–Crippen LogP) is 4.03. The van der Waals surface area contributed by atoms with Crippen LogP contribution in [0.15, 0.2) is 59.4 Å². The van der Waals surface area contributed by atoms with E-state index in [1.165, 1.54) is 0 Å². The molecule has 3 heterocycles. The predicted molar refractivity (Wildman–Crippen MR) is 122 cm³/mol. The van der Waals surface area contributed by atoms with Gasteiger partial charge in [0, 0.05) is 30.9 Å². The Kier molecular flexibility index (Phi) is 6.16. The van der Waals surface area contributed by atoms with Gasteiger partial charge in [-0.2, -0.15) is 0 Å². The van der Waals surface area contributed by atoms with Crippen molar-refractivity contribution >= 4 is 11.6 Å². The van der Waals surface area contributed by atoms with Crippen molar-refractivity contribution in [2.75, 3.05) is 18.4 Å². The molecule has 0 radical (unpaired) electrons. The average molecular weight is 432 g/mol. The summed E-state index contributed by atoms with van der Waals surface area (Å²) in [6.07, 6.45) is 7.86. The first-order valence-corrected chi connectivity index (χ1v) is 11.5. The molecule has 32 heavy (non-hydrogen) atoms. The largest absolute Gasteiger partial charge is 0.380 e. The molecule has 5 rings (SSSR count). The van der Waals surface area contributed by atoms with Gasteiger partial charge in [-0.05, 0) is 68.0 Å². The summed E-state index contributed by atoms with van der Waals surface area (Å²) < 4.78 is 5.40. The zero-order chi connectivity index (χ0) is 21.8. The van der Waals surface area contributed by atoms with Gasteiger partial charge in [0.1, 0.15) is 5.76 Å². The molecule has 1 aliphatic heterocycles. The summed E-state index contributed by atoms with van der Waals surface area (Å²) in [6, 6.07) is 14.1. The van der Waals surface area contributed by atoms with Gasteiger partial charge < -0.3 is 20.5 Å². The molecular weight excluding hydrogens is 402 g/mol. The van der Waals surface area contributed by atoms with Gasteiger partial charge in [-0.15, -0.1) is 0 Å². The number of benzene rings is 1. The number of aromatic nitrogens is 2. The summed E-state index contributed by atoms with van der Waals surface area (Å²) in [6.45, 7) is 2.63. The molecule has 2 aromatic heterocycles. The number of hydrogen-bond acceptors (Lipinski definition) is 6. The van der Waals surface area contributed by atoms with E-state index < -0.39 is 0 Å². The first-order valence-electron chi connectivity index (χ1n) is 11.5. The second-order valence-electron chi connectivity index (χ2n) is 8.77. The minimum absolute atomic E-state index is 0.0657. The molecule has 1 saturated heterocycles. The van der Waals surface area contributed by atoms with E-state index in [0.717, 1.165) is 61.3 Å². The molecule has 1 saturated carbocycles. The summed E-state index contributed by atoms with van der Waals surface area (Å²) in [5, 5.41) is 14.1. The van der Waals surface area contributed by atoms with Crippen LogP contribution in [0.2, 0.25) is 0 Å². The van der Waals surface area contributed by atoms with E-state index in [0.29, 0.717) is 24.1 Å². The van der Waals surface area contributed by atoms with Gasteiger partial charge in [-0.1, -0.05) is 29.4 Å². The number of anilines is 1. The molecule has 166 valence electrons. The van der Waals surface area contributed by atoms with Crippen LogP contribution in [0.4, 0.5) is 5.69 Å². The van der Waals surface area contributed by atoms with E-state index in [9.17, 15) is 4.79 Å². The Balaban J connectivity index is 1.33. The Morgan fingerprint density at radius 3 is 2.78 bits per heavy atom. The Hall–Kier alpha value is -3.19. The van der Waals surface area contributed by atoms with Crippen LogP contribution in [0.3, 0.4) is 0 Å². The molecule has 0 spiro atoms. The quantitative estimate of drug-likeness (QED) is 0.499. The van der Waals surface area contributed by atoms with Gasteiger partial charge in [0.05, 0.1) is 11.7 Å². The molecule has 2 aliphatic rings. The Morgan fingerprint density at radius 1 is 1.12 bits per heavy atom. The Morgan fingerprint density at radius 2 is 2.00 bits per heavy atom. The van der Waals surface area contributed by atoms with Crippen LogP contribution < -0.4 is 16.0 Å². The lowest BCUT2D eigenvalue weighted by molar-refractivity contribution is 0.0905. The second-order valence-corrected chi connectivity index (χ2v) is 8.77. The monoisotopic (exact) mass is 431 g/mol. The lowest BCUT2D eigenvalue weighted by Gasteiger charge is -2.31. The number of pyridine rings is 1. The number of piperidine rings is 1. The molecule has 1 atom stereocenters. The highest BCUT2D eigenvalue weighted by Gasteiger charge is 2.31. The molecule has 2 fully saturated rings. The van der Waals surface area contributed by atoms with E-state index in [1.54, 1.807) is 12.3 Å². The fourth-order valence-corrected chi connectivity index (χ4v) is 4.39. The van der Waals surface area contributed by atoms with Crippen molar-refractivity contribution in [1.29, 1.82) is 0 Å². The van der Waals surface area contributed by atoms with Gasteiger partial charge in [-0.3, -0.25) is 9.78 Å². The van der Waals surface area contributed by atoms with Gasteiger partial charge in [-0.25, -0.2) is 0 Å². The van der Waals surface area contributed by atoms with E-state index in [-0.39, 0.29) is 11.9 Å². The third-order valence-corrected chi connectivity index (χ3v) is 6.35. The standard InChI is InChI=1S/C25H29N5O2/c31-25(22-14-23(32-30-22)18-6-7-18)29-24(19-8-11-26-12-9-19)20-4-1-3-17(13-20)15-28-21-5-2-10-27-16-21/h1-5,10,13-14,16,18-19,24,26,28H,6-9,11-12,15H2,(H,29,31). The van der Waals surface area contributed by atoms with Crippen molar-refractivity contribution in [2.45, 2.75) is 44.2 Å². The van der Waals surface area contributed by atoms with Gasteiger partial charge in [0.15, 0.2) is 5.69 Å². The fourth-order valence-electron chi connectivity index (χ4n) is 4.39. The van der Waals surface area contributed by atoms with Crippen LogP contribution in [0, 0.1) is 5.92 Å². The molecule has 0 bridgehead atoms. The molecule has 1 aliphatic carbocycles. The Labute approximate surface area is 188 Å². The molecule has 1 unspecified atom stereocenters. The maximum absolute atomic E-state index is 13.1. The third-order valence-electron chi connectivity index (χ3n) is 6.35. The van der Waals surface area contributed by atoms with Crippen LogP contribution in [0.25, 0.3) is 0 Å². The van der Waals surface area contributed by atoms with Crippen LogP contribution >= 0.6 is 0 Å². The highest BCUT2D eigenvalue weighted by molar-refractivity contribution is 5.92. The summed E-state index contributed by atoms with van der Waals surface area (Å²) in [5.74, 6) is 1.48. The van der Waals surface area contributed by atoms with Gasteiger partial charge in [0.25, 0.3) is 5.91 Å². The maximum atomic E-state index is 13.1. The minimum atomic E-state index is -0.164. The van der Waals surface area contributed by atoms with E-state index in [4.69, 9.17) is 4.52 Å². The zero-order valence-electron chi connectivity index (χ0n) is 18.1. The SMILES string of the molecule is O=C(NC(c1cccc(CNc2cccnc2)c1)C1CCNCC1)c1cc(C2CC2)on1. The molecule has 7 heteroatoms. The van der Waals surface area contributed by atoms with Crippen LogP contribution in [-0.4, -0.2) is 29.1 Å². The van der Waals surface area contributed by atoms with Crippen LogP contribution in [0.1, 0.15) is 65.0 Å². The molecule has 1 amide bonds. The molecule has 1 aromatic carbocycles. The van der Waals surface area contributed by atoms with Crippen molar-refractivity contribution in [3.8, 4) is 0 Å². The summed E-state index contributed by atoms with van der Waals surface area (Å²) in [7, 11) is 0. The van der Waals surface area contributed by atoms with Crippen LogP contribution in [0.5, 0.6) is 0 Å². The topological polar surface area (TPSA) is 92.1 Å². The number of amides is 1. The van der Waals surface area contributed by atoms with Crippen molar-refractivity contribution < 1.29 is 9.32 Å². The van der Waals surface area contributed by atoms with Crippen molar-refractivity contribution in [3.05, 3.63) is 77.4 Å². The molecule has 7 nitrogen and oxygen atoms in total. The number of hydrogen-bond donors (Lipinski definition) is 3. The highest BCUT2D eigenvalue weighted by atomic mass is 16.5. The number of rotatable bonds is 8. The minimum Gasteiger partial charge on any atom is -0.380 e. The number of carbonyl (C=O) groups excluding carboxylic acids is 1. The van der Waals surface area contributed by atoms with Crippen molar-refractivity contribution in [1.82, 2.24) is 20.8 Å². The first kappa shape index (κ1) is 20.7. The van der Waals surface area contributed by atoms with Crippen LogP contribution in [-0.2, 0) is 6.54 Å². The second kappa shape index (κ2) is 9.53. The number of carbonyl (C=O) groups is 1. The average Bonchev–Trinajstić information content (AvgIpc) is 3.58. The fraction of sp³-hybridized carbons (Fsp3) is 0.400. The smallest absolute Gasteiger partial charge is 0.273 e. The van der Waals surface area contributed by atoms with Crippen molar-refractivity contribution in [3.63, 3.8) is 0 Å². The van der Waals surface area contributed by atoms with Gasteiger partial charge >= 0.3 is 0 Å². The van der Waals surface area contributed by atoms with Gasteiger partial charge in [0.2, 0.25) is 0 Å². The van der Waals surface area contributed by atoms with E-state index in [1.807, 2.05) is 18.3 Å². The molecular formula is C25H29N5O2. The van der Waals surface area contributed by atoms with E-state index in [2.05, 4.69) is 50.4 Å². The Bertz CT molecular complexity index is 1040. The zero-order valence-corrected chi connectivity index (χ0v) is 18.1. The lowest BCUT2D eigenvalue weighted by atomic mass is 9.85. The highest BCUT2D eigenvalue weighted by Crippen LogP contribution is 2.40. The first-order chi connectivity index (χ1) is 15.8. The van der Waals surface area contributed by atoms with E-state index >= 15 is 0 Å². The summed E-state index contributed by atoms with van der Waals surface area (Å²) in [4.78, 5) is 17.2. The third kappa shape index (κ3) is 4.99. The maximum Gasteiger partial charge on any atom is 0.273 e. The van der Waals surface area contributed by atoms with Crippen molar-refractivity contribution in [2.24, 2.45) is 5.92 Å². The summed E-state index contributed by atoms with van der Waals surface area (Å²) in [5.41, 5.74) is 3.65. The number of nitrogens with one attached hydrogen (secondary N) is 3. The lowest BCUT2D eigenvalue weighted by Crippen LogP contribution is -2.39. The summed E-state index contributed by atoms with van der Waals surface area (Å²) >= 11 is 0. The molecule has 3 aromatic rings.